The molecule has 6 heteroatoms. The van der Waals surface area contributed by atoms with E-state index in [2.05, 4.69) is 5.10 Å². The largest absolute Gasteiger partial charge is 0.417 e. The van der Waals surface area contributed by atoms with E-state index >= 15 is 0 Å². The number of halogens is 3. The molecule has 1 aromatic rings. The molecule has 1 aliphatic heterocycles. The lowest BCUT2D eigenvalue weighted by Crippen LogP contribution is -2.19. The van der Waals surface area contributed by atoms with Gasteiger partial charge in [0, 0.05) is 19.2 Å². The highest BCUT2D eigenvalue weighted by Crippen LogP contribution is 2.33. The van der Waals surface area contributed by atoms with E-state index in [1.54, 1.807) is 11.1 Å². The molecule has 1 aromatic carbocycles. The predicted molar refractivity (Wildman–Crippen MR) is 79.4 cm³/mol. The number of ketones is 1. The normalized spacial score (nSPS) is 17.0. The first kappa shape index (κ1) is 16.3. The van der Waals surface area contributed by atoms with Crippen molar-refractivity contribution in [3.05, 3.63) is 42.0 Å². The second-order valence-corrected chi connectivity index (χ2v) is 5.13. The smallest absolute Gasteiger partial charge is 0.297 e. The molecule has 0 bridgehead atoms. The van der Waals surface area contributed by atoms with Crippen LogP contribution in [0, 0.1) is 0 Å². The van der Waals surface area contributed by atoms with Crippen LogP contribution in [0.3, 0.4) is 0 Å². The van der Waals surface area contributed by atoms with Crippen LogP contribution < -0.4 is 0 Å². The topological polar surface area (TPSA) is 32.7 Å². The van der Waals surface area contributed by atoms with Gasteiger partial charge in [0.05, 0.1) is 5.57 Å². The lowest BCUT2D eigenvalue weighted by Gasteiger charge is -2.13. The zero-order valence-electron chi connectivity index (χ0n) is 12.2. The number of carbonyl (C=O) groups is 1. The van der Waals surface area contributed by atoms with E-state index in [0.717, 1.165) is 25.9 Å². The fraction of sp³-hybridized carbons (Fsp3) is 0.375. The standard InChI is InChI=1S/C16H17F3N2O/c1-12(20-21-9-5-6-10-21)15(22)11-14(16(17,18)19)13-7-3-2-4-8-13/h2-4,7-8,11H,5-6,9-10H2,1H3/b14-11-,20-12+. The third kappa shape index (κ3) is 4.19. The van der Waals surface area contributed by atoms with Crippen molar-refractivity contribution in [2.24, 2.45) is 5.10 Å². The molecule has 1 saturated heterocycles. The van der Waals surface area contributed by atoms with E-state index in [1.165, 1.54) is 31.2 Å². The summed E-state index contributed by atoms with van der Waals surface area (Å²) >= 11 is 0. The molecule has 0 spiro atoms. The van der Waals surface area contributed by atoms with Gasteiger partial charge < -0.3 is 0 Å². The summed E-state index contributed by atoms with van der Waals surface area (Å²) in [6.45, 7) is 2.91. The van der Waals surface area contributed by atoms with Gasteiger partial charge in [0.15, 0.2) is 0 Å². The quantitative estimate of drug-likeness (QED) is 0.628. The Balaban J connectivity index is 2.27. The first-order valence-electron chi connectivity index (χ1n) is 7.07. The highest BCUT2D eigenvalue weighted by Gasteiger charge is 2.35. The van der Waals surface area contributed by atoms with Crippen molar-refractivity contribution in [2.45, 2.75) is 25.9 Å². The molecule has 3 nitrogen and oxygen atoms in total. The van der Waals surface area contributed by atoms with E-state index in [0.29, 0.717) is 6.08 Å². The van der Waals surface area contributed by atoms with Gasteiger partial charge in [0.25, 0.3) is 0 Å². The Morgan fingerprint density at radius 2 is 1.77 bits per heavy atom. The number of alkyl halides is 3. The lowest BCUT2D eigenvalue weighted by atomic mass is 10.0. The third-order valence-corrected chi connectivity index (χ3v) is 3.40. The second-order valence-electron chi connectivity index (χ2n) is 5.13. The molecule has 0 aliphatic carbocycles. The predicted octanol–water partition coefficient (Wildman–Crippen LogP) is 3.67. The van der Waals surface area contributed by atoms with Gasteiger partial charge in [-0.15, -0.1) is 0 Å². The van der Waals surface area contributed by atoms with Crippen LogP contribution in [0.1, 0.15) is 25.3 Å². The Hall–Kier alpha value is -2.11. The first-order chi connectivity index (χ1) is 10.4. The highest BCUT2D eigenvalue weighted by molar-refractivity contribution is 6.44. The van der Waals surface area contributed by atoms with Crippen LogP contribution >= 0.6 is 0 Å². The third-order valence-electron chi connectivity index (χ3n) is 3.40. The maximum atomic E-state index is 13.2. The van der Waals surface area contributed by atoms with Gasteiger partial charge in [0.2, 0.25) is 5.78 Å². The number of benzene rings is 1. The number of allylic oxidation sites excluding steroid dienone is 2. The molecule has 2 rings (SSSR count). The number of carbonyl (C=O) groups excluding carboxylic acids is 1. The lowest BCUT2D eigenvalue weighted by molar-refractivity contribution is -0.109. The Morgan fingerprint density at radius 1 is 1.18 bits per heavy atom. The summed E-state index contributed by atoms with van der Waals surface area (Å²) in [5.74, 6) is -0.719. The maximum absolute atomic E-state index is 13.2. The van der Waals surface area contributed by atoms with E-state index in [9.17, 15) is 18.0 Å². The van der Waals surface area contributed by atoms with Crippen LogP contribution in [0.2, 0.25) is 0 Å². The molecule has 0 radical (unpaired) electrons. The van der Waals surface area contributed by atoms with Crippen LogP contribution in [0.15, 0.2) is 41.5 Å². The number of hydrogen-bond donors (Lipinski definition) is 0. The summed E-state index contributed by atoms with van der Waals surface area (Å²) in [6, 6.07) is 7.30. The molecule has 22 heavy (non-hydrogen) atoms. The summed E-state index contributed by atoms with van der Waals surface area (Å²) in [5.41, 5.74) is -0.911. The van der Waals surface area contributed by atoms with Gasteiger partial charge >= 0.3 is 6.18 Å². The minimum atomic E-state index is -4.59. The van der Waals surface area contributed by atoms with Crippen molar-refractivity contribution >= 4 is 17.1 Å². The Bertz CT molecular complexity index is 585. The Kier molecular flexibility index (Phi) is 5.00. The van der Waals surface area contributed by atoms with E-state index in [1.807, 2.05) is 0 Å². The van der Waals surface area contributed by atoms with Crippen molar-refractivity contribution in [1.82, 2.24) is 5.01 Å². The van der Waals surface area contributed by atoms with Crippen LogP contribution in [-0.2, 0) is 4.79 Å². The van der Waals surface area contributed by atoms with Crippen molar-refractivity contribution in [1.29, 1.82) is 0 Å². The molecule has 1 heterocycles. The van der Waals surface area contributed by atoms with Crippen molar-refractivity contribution in [3.8, 4) is 0 Å². The minimum absolute atomic E-state index is 0.0303. The van der Waals surface area contributed by atoms with Crippen molar-refractivity contribution in [2.75, 3.05) is 13.1 Å². The molecule has 0 amide bonds. The molecule has 1 aliphatic rings. The monoisotopic (exact) mass is 310 g/mol. The molecular weight excluding hydrogens is 293 g/mol. The average molecular weight is 310 g/mol. The van der Waals surface area contributed by atoms with Gasteiger partial charge in [0.1, 0.15) is 5.71 Å². The number of hydrogen-bond acceptors (Lipinski definition) is 3. The molecular formula is C16H17F3N2O. The Morgan fingerprint density at radius 3 is 2.32 bits per heavy atom. The van der Waals surface area contributed by atoms with E-state index in [-0.39, 0.29) is 11.3 Å². The highest BCUT2D eigenvalue weighted by atomic mass is 19.4. The van der Waals surface area contributed by atoms with Gasteiger partial charge in [-0.1, -0.05) is 30.3 Å². The summed E-state index contributed by atoms with van der Waals surface area (Å²) < 4.78 is 39.5. The Labute approximate surface area is 127 Å². The SMILES string of the molecule is C/C(=N\N1CCCC1)C(=O)/C=C(/c1ccccc1)C(F)(F)F. The molecule has 0 aromatic heterocycles. The molecule has 0 saturated carbocycles. The summed E-state index contributed by atoms with van der Waals surface area (Å²) in [7, 11) is 0. The molecule has 0 atom stereocenters. The summed E-state index contributed by atoms with van der Waals surface area (Å²) in [5, 5.41) is 5.81. The van der Waals surface area contributed by atoms with Crippen molar-refractivity contribution < 1.29 is 18.0 Å². The first-order valence-corrected chi connectivity index (χ1v) is 7.07. The fourth-order valence-corrected chi connectivity index (χ4v) is 2.24. The minimum Gasteiger partial charge on any atom is -0.297 e. The second kappa shape index (κ2) is 6.77. The van der Waals surface area contributed by atoms with Gasteiger partial charge in [-0.2, -0.15) is 18.3 Å². The van der Waals surface area contributed by atoms with Crippen LogP contribution in [0.4, 0.5) is 13.2 Å². The van der Waals surface area contributed by atoms with Crippen LogP contribution in [0.25, 0.3) is 5.57 Å². The average Bonchev–Trinajstić information content (AvgIpc) is 2.97. The molecule has 0 N–H and O–H groups in total. The zero-order valence-corrected chi connectivity index (χ0v) is 12.2. The fourth-order valence-electron chi connectivity index (χ4n) is 2.24. The number of rotatable bonds is 4. The molecule has 1 fully saturated rings. The van der Waals surface area contributed by atoms with Gasteiger partial charge in [-0.3, -0.25) is 9.80 Å². The van der Waals surface area contributed by atoms with E-state index < -0.39 is 17.5 Å². The molecule has 0 unspecified atom stereocenters. The molecule has 118 valence electrons. The maximum Gasteiger partial charge on any atom is 0.417 e. The van der Waals surface area contributed by atoms with Gasteiger partial charge in [-0.25, -0.2) is 0 Å². The van der Waals surface area contributed by atoms with Crippen LogP contribution in [-0.4, -0.2) is 35.8 Å². The van der Waals surface area contributed by atoms with Crippen molar-refractivity contribution in [3.63, 3.8) is 0 Å². The van der Waals surface area contributed by atoms with Gasteiger partial charge in [-0.05, 0) is 25.3 Å². The van der Waals surface area contributed by atoms with Crippen LogP contribution in [0.5, 0.6) is 0 Å². The zero-order chi connectivity index (χ0) is 16.2. The number of hydrazone groups is 1. The number of nitrogens with zero attached hydrogens (tertiary/aromatic N) is 2. The summed E-state index contributed by atoms with van der Waals surface area (Å²) in [6.07, 6.45) is -1.99. The van der Waals surface area contributed by atoms with E-state index in [4.69, 9.17) is 0 Å². The summed E-state index contributed by atoms with van der Waals surface area (Å²) in [4.78, 5) is 12.0.